The summed E-state index contributed by atoms with van der Waals surface area (Å²) in [4.78, 5) is 7.27. The number of aromatic nitrogens is 1. The Morgan fingerprint density at radius 2 is 2.11 bits per heavy atom. The Bertz CT molecular complexity index is 405. The molecule has 0 saturated carbocycles. The average Bonchev–Trinajstić information content (AvgIpc) is 2.97. The van der Waals surface area contributed by atoms with Crippen molar-refractivity contribution in [2.24, 2.45) is 0 Å². The van der Waals surface area contributed by atoms with Gasteiger partial charge in [-0.2, -0.15) is 0 Å². The minimum atomic E-state index is 0.745. The molecule has 2 fully saturated rings. The van der Waals surface area contributed by atoms with Crippen LogP contribution >= 0.6 is 11.3 Å². The van der Waals surface area contributed by atoms with E-state index in [1.54, 1.807) is 0 Å². The van der Waals surface area contributed by atoms with E-state index in [-0.39, 0.29) is 0 Å². The van der Waals surface area contributed by atoms with Crippen molar-refractivity contribution in [1.29, 1.82) is 0 Å². The first-order chi connectivity index (χ1) is 9.24. The molecule has 0 spiro atoms. The molecular weight excluding hydrogens is 254 g/mol. The number of fused-ring (bicyclic) bond motifs is 2. The van der Waals surface area contributed by atoms with Crippen molar-refractivity contribution in [2.75, 3.05) is 7.05 Å². The van der Waals surface area contributed by atoms with Gasteiger partial charge in [0.25, 0.3) is 0 Å². The Balaban J connectivity index is 1.56. The fourth-order valence-electron chi connectivity index (χ4n) is 3.52. The third kappa shape index (κ3) is 3.18. The number of rotatable bonds is 5. The number of thiazole rings is 1. The van der Waals surface area contributed by atoms with Gasteiger partial charge in [-0.3, -0.25) is 4.90 Å². The zero-order chi connectivity index (χ0) is 13.2. The molecule has 1 N–H and O–H groups in total. The average molecular weight is 279 g/mol. The molecule has 2 aliphatic rings. The first-order valence-electron chi connectivity index (χ1n) is 7.64. The molecule has 0 aliphatic carbocycles. The molecule has 0 amide bonds. The van der Waals surface area contributed by atoms with Crippen LogP contribution in [0.5, 0.6) is 0 Å². The fourth-order valence-corrected chi connectivity index (χ4v) is 4.41. The molecule has 2 bridgehead atoms. The summed E-state index contributed by atoms with van der Waals surface area (Å²) in [5.74, 6) is 0. The molecular formula is C15H25N3S. The third-order valence-electron chi connectivity index (χ3n) is 4.55. The topological polar surface area (TPSA) is 28.2 Å². The molecule has 19 heavy (non-hydrogen) atoms. The van der Waals surface area contributed by atoms with Gasteiger partial charge in [0.2, 0.25) is 0 Å². The molecule has 2 atom stereocenters. The van der Waals surface area contributed by atoms with Crippen LogP contribution in [0.3, 0.4) is 0 Å². The lowest BCUT2D eigenvalue weighted by molar-refractivity contribution is 0.164. The van der Waals surface area contributed by atoms with E-state index in [9.17, 15) is 0 Å². The third-order valence-corrected chi connectivity index (χ3v) is 5.50. The van der Waals surface area contributed by atoms with Gasteiger partial charge in [0.15, 0.2) is 0 Å². The van der Waals surface area contributed by atoms with E-state index in [1.165, 1.54) is 42.8 Å². The summed E-state index contributed by atoms with van der Waals surface area (Å²) in [7, 11) is 2.27. The summed E-state index contributed by atoms with van der Waals surface area (Å²) in [5.41, 5.74) is 1.27. The number of aryl methyl sites for hydroxylation is 1. The highest BCUT2D eigenvalue weighted by molar-refractivity contribution is 7.09. The smallest absolute Gasteiger partial charge is 0.0928 e. The maximum Gasteiger partial charge on any atom is 0.0928 e. The predicted octanol–water partition coefficient (Wildman–Crippen LogP) is 2.81. The number of nitrogens with one attached hydrogen (secondary N) is 1. The molecule has 0 radical (unpaired) electrons. The summed E-state index contributed by atoms with van der Waals surface area (Å²) >= 11 is 1.83. The van der Waals surface area contributed by atoms with Crippen molar-refractivity contribution in [2.45, 2.75) is 70.1 Å². The Morgan fingerprint density at radius 3 is 2.79 bits per heavy atom. The normalized spacial score (nSPS) is 30.2. The molecule has 2 saturated heterocycles. The van der Waals surface area contributed by atoms with Gasteiger partial charge in [0.05, 0.1) is 10.7 Å². The second-order valence-electron chi connectivity index (χ2n) is 6.16. The van der Waals surface area contributed by atoms with Crippen LogP contribution in [0.4, 0.5) is 0 Å². The molecule has 3 nitrogen and oxygen atoms in total. The molecule has 3 heterocycles. The van der Waals surface area contributed by atoms with E-state index < -0.39 is 0 Å². The fraction of sp³-hybridized carbons (Fsp3) is 0.800. The quantitative estimate of drug-likeness (QED) is 0.898. The zero-order valence-electron chi connectivity index (χ0n) is 12.1. The second-order valence-corrected chi connectivity index (χ2v) is 7.10. The largest absolute Gasteiger partial charge is 0.311 e. The Hall–Kier alpha value is -0.450. The Labute approximate surface area is 120 Å². The van der Waals surface area contributed by atoms with Crippen molar-refractivity contribution in [3.05, 3.63) is 16.1 Å². The van der Waals surface area contributed by atoms with Gasteiger partial charge in [-0.15, -0.1) is 11.3 Å². The lowest BCUT2D eigenvalue weighted by Gasteiger charge is -2.35. The summed E-state index contributed by atoms with van der Waals surface area (Å²) in [6.45, 7) is 3.24. The maximum absolute atomic E-state index is 4.75. The van der Waals surface area contributed by atoms with Gasteiger partial charge in [-0.25, -0.2) is 4.98 Å². The van der Waals surface area contributed by atoms with E-state index in [0.29, 0.717) is 0 Å². The highest BCUT2D eigenvalue weighted by Gasteiger charge is 2.35. The van der Waals surface area contributed by atoms with Crippen LogP contribution in [-0.2, 0) is 13.0 Å². The van der Waals surface area contributed by atoms with Crippen molar-refractivity contribution < 1.29 is 0 Å². The lowest BCUT2D eigenvalue weighted by atomic mass is 9.98. The Morgan fingerprint density at radius 1 is 1.37 bits per heavy atom. The molecule has 4 heteroatoms. The Kier molecular flexibility index (Phi) is 4.20. The van der Waals surface area contributed by atoms with E-state index in [2.05, 4.69) is 29.6 Å². The molecule has 0 aromatic carbocycles. The van der Waals surface area contributed by atoms with E-state index in [4.69, 9.17) is 4.98 Å². The molecule has 3 rings (SSSR count). The standard InChI is InChI=1S/C15H25N3S/c1-3-4-15-17-13(10-19-15)9-18(2)14-7-11-5-6-12(8-14)16-11/h10-12,14,16H,3-9H2,1-2H3. The van der Waals surface area contributed by atoms with Crippen molar-refractivity contribution >= 4 is 11.3 Å². The first kappa shape index (κ1) is 13.5. The van der Waals surface area contributed by atoms with Crippen LogP contribution in [0.25, 0.3) is 0 Å². The number of piperidine rings is 1. The van der Waals surface area contributed by atoms with Crippen molar-refractivity contribution in [1.82, 2.24) is 15.2 Å². The monoisotopic (exact) mass is 279 g/mol. The van der Waals surface area contributed by atoms with Crippen LogP contribution in [-0.4, -0.2) is 35.1 Å². The second kappa shape index (κ2) is 5.90. The lowest BCUT2D eigenvalue weighted by Crippen LogP contribution is -2.46. The molecule has 2 unspecified atom stereocenters. The SMILES string of the molecule is CCCc1nc(CN(C)C2CC3CCC(C2)N3)cs1. The highest BCUT2D eigenvalue weighted by Crippen LogP contribution is 2.29. The minimum Gasteiger partial charge on any atom is -0.311 e. The molecule has 106 valence electrons. The summed E-state index contributed by atoms with van der Waals surface area (Å²) in [5, 5.41) is 7.27. The maximum atomic E-state index is 4.75. The van der Waals surface area contributed by atoms with Crippen LogP contribution in [0.1, 0.15) is 49.7 Å². The van der Waals surface area contributed by atoms with Gasteiger partial charge in [0, 0.05) is 30.1 Å². The van der Waals surface area contributed by atoms with Crippen molar-refractivity contribution in [3.63, 3.8) is 0 Å². The molecule has 1 aromatic rings. The van der Waals surface area contributed by atoms with Gasteiger partial charge >= 0.3 is 0 Å². The van der Waals surface area contributed by atoms with E-state index in [1.807, 2.05) is 11.3 Å². The molecule has 2 aliphatic heterocycles. The number of hydrogen-bond donors (Lipinski definition) is 1. The zero-order valence-corrected chi connectivity index (χ0v) is 12.9. The highest BCUT2D eigenvalue weighted by atomic mass is 32.1. The molecule has 1 aromatic heterocycles. The number of nitrogens with zero attached hydrogens (tertiary/aromatic N) is 2. The van der Waals surface area contributed by atoms with Gasteiger partial charge in [-0.1, -0.05) is 6.92 Å². The van der Waals surface area contributed by atoms with Crippen LogP contribution in [0, 0.1) is 0 Å². The number of hydrogen-bond acceptors (Lipinski definition) is 4. The predicted molar refractivity (Wildman–Crippen MR) is 80.5 cm³/mol. The first-order valence-corrected chi connectivity index (χ1v) is 8.52. The summed E-state index contributed by atoms with van der Waals surface area (Å²) in [6, 6.07) is 2.30. The van der Waals surface area contributed by atoms with Crippen molar-refractivity contribution in [3.8, 4) is 0 Å². The van der Waals surface area contributed by atoms with E-state index >= 15 is 0 Å². The van der Waals surface area contributed by atoms with Gasteiger partial charge in [0.1, 0.15) is 0 Å². The van der Waals surface area contributed by atoms with Gasteiger partial charge < -0.3 is 5.32 Å². The minimum absolute atomic E-state index is 0.745. The van der Waals surface area contributed by atoms with Crippen LogP contribution in [0.2, 0.25) is 0 Å². The van der Waals surface area contributed by atoms with Gasteiger partial charge in [-0.05, 0) is 45.6 Å². The summed E-state index contributed by atoms with van der Waals surface area (Å²) in [6.07, 6.45) is 7.73. The van der Waals surface area contributed by atoms with Crippen LogP contribution < -0.4 is 5.32 Å². The van der Waals surface area contributed by atoms with E-state index in [0.717, 1.165) is 31.1 Å². The summed E-state index contributed by atoms with van der Waals surface area (Å²) < 4.78 is 0. The van der Waals surface area contributed by atoms with Crippen LogP contribution in [0.15, 0.2) is 5.38 Å².